The van der Waals surface area contributed by atoms with Gasteiger partial charge in [-0.1, -0.05) is 26.7 Å². The highest BCUT2D eigenvalue weighted by molar-refractivity contribution is 7.36. The maximum Gasteiger partial charge on any atom is 0.502 e. The molecule has 0 aliphatic rings. The molecule has 0 aliphatic carbocycles. The summed E-state index contributed by atoms with van der Waals surface area (Å²) in [4.78, 5) is 7.56. The first-order valence-electron chi connectivity index (χ1n) is 2.74. The second-order valence-corrected chi connectivity index (χ2v) is 2.39. The van der Waals surface area contributed by atoms with E-state index in [-0.39, 0.29) is 5.48 Å². The molecule has 0 aromatic heterocycles. The molecule has 1 atom stereocenters. The van der Waals surface area contributed by atoms with Crippen LogP contribution in [-0.4, -0.2) is 17.0 Å². The molecule has 0 bridgehead atoms. The van der Waals surface area contributed by atoms with Gasteiger partial charge in [0.1, 0.15) is 0 Å². The van der Waals surface area contributed by atoms with Gasteiger partial charge in [-0.3, -0.25) is 0 Å². The van der Waals surface area contributed by atoms with Crippen molar-refractivity contribution in [1.29, 1.82) is 0 Å². The normalized spacial score (nSPS) is 8.22. The zero-order valence-electron chi connectivity index (χ0n) is 6.22. The lowest BCUT2D eigenvalue weighted by atomic mass is 10.4. The van der Waals surface area contributed by atoms with Crippen molar-refractivity contribution in [1.82, 2.24) is 0 Å². The van der Waals surface area contributed by atoms with Crippen LogP contribution in [0.2, 0.25) is 0 Å². The van der Waals surface area contributed by atoms with E-state index < -0.39 is 8.03 Å². The zero-order chi connectivity index (χ0) is 6.99. The molecule has 0 aromatic carbocycles. The first kappa shape index (κ1) is 16.0. The highest BCUT2D eigenvalue weighted by Crippen LogP contribution is 1.99. The number of hydrogen-bond acceptors (Lipinski definition) is 1. The van der Waals surface area contributed by atoms with Gasteiger partial charge in [0.25, 0.3) is 0 Å². The predicted molar refractivity (Wildman–Crippen MR) is 39.9 cm³/mol. The molecule has 0 fully saturated rings. The summed E-state index contributed by atoms with van der Waals surface area (Å²) in [5.41, 5.74) is 0. The van der Waals surface area contributed by atoms with Crippen molar-refractivity contribution in [2.45, 2.75) is 26.7 Å². The molecule has 0 aliphatic heterocycles. The van der Waals surface area contributed by atoms with Gasteiger partial charge in [0.05, 0.1) is 0 Å². The largest absolute Gasteiger partial charge is 0.502 e. The number of rotatable bonds is 1. The van der Waals surface area contributed by atoms with E-state index in [0.717, 1.165) is 0 Å². The molecule has 1 unspecified atom stereocenters. The van der Waals surface area contributed by atoms with Gasteiger partial charge >= 0.3 is 8.03 Å². The Morgan fingerprint density at radius 2 is 1.44 bits per heavy atom. The standard InChI is InChI=1S/C4H10.CH3O2P.H2O/c1-3-4-2;1-4(2)3;/h3-4H2,1-2H3;1H3;1H2/p+1. The Morgan fingerprint density at radius 1 is 1.33 bits per heavy atom. The Kier molecular flexibility index (Phi) is 27.9. The van der Waals surface area contributed by atoms with E-state index in [1.165, 1.54) is 19.5 Å². The van der Waals surface area contributed by atoms with Crippen molar-refractivity contribution in [3.63, 3.8) is 0 Å². The summed E-state index contributed by atoms with van der Waals surface area (Å²) < 4.78 is 9.15. The fraction of sp³-hybridized carbons (Fsp3) is 1.00. The molecule has 3 nitrogen and oxygen atoms in total. The van der Waals surface area contributed by atoms with Crippen LogP contribution in [0.3, 0.4) is 0 Å². The van der Waals surface area contributed by atoms with Crippen LogP contribution in [0.4, 0.5) is 0 Å². The number of unbranched alkanes of at least 4 members (excludes halogenated alkanes) is 1. The Labute approximate surface area is 57.3 Å². The van der Waals surface area contributed by atoms with Crippen LogP contribution in [0.15, 0.2) is 0 Å². The van der Waals surface area contributed by atoms with E-state index in [4.69, 9.17) is 9.46 Å². The molecular formula is C5H16O3P+. The van der Waals surface area contributed by atoms with E-state index in [1.807, 2.05) is 0 Å². The first-order valence-corrected chi connectivity index (χ1v) is 4.40. The van der Waals surface area contributed by atoms with Crippen LogP contribution in [0.25, 0.3) is 0 Å². The van der Waals surface area contributed by atoms with Crippen LogP contribution in [0.1, 0.15) is 26.7 Å². The van der Waals surface area contributed by atoms with Gasteiger partial charge in [-0.05, 0) is 4.57 Å². The second kappa shape index (κ2) is 15.7. The summed E-state index contributed by atoms with van der Waals surface area (Å²) in [5.74, 6) is 0. The van der Waals surface area contributed by atoms with Crippen molar-refractivity contribution in [3.05, 3.63) is 0 Å². The van der Waals surface area contributed by atoms with Crippen molar-refractivity contribution in [2.24, 2.45) is 0 Å². The third kappa shape index (κ3) is 279. The Hall–Kier alpha value is 0.0200. The molecule has 0 saturated heterocycles. The van der Waals surface area contributed by atoms with Gasteiger partial charge in [0.2, 0.25) is 0 Å². The topological polar surface area (TPSA) is 68.8 Å². The Balaban J connectivity index is -0.0000000720. The fourth-order valence-electron chi connectivity index (χ4n) is 0. The van der Waals surface area contributed by atoms with Crippen molar-refractivity contribution in [2.75, 3.05) is 6.66 Å². The average molecular weight is 155 g/mol. The summed E-state index contributed by atoms with van der Waals surface area (Å²) in [5, 5.41) is 0. The molecule has 0 saturated carbocycles. The van der Waals surface area contributed by atoms with E-state index in [2.05, 4.69) is 13.8 Å². The third-order valence-electron chi connectivity index (χ3n) is 0.500. The molecule has 0 spiro atoms. The summed E-state index contributed by atoms with van der Waals surface area (Å²) in [6, 6.07) is 0. The Morgan fingerprint density at radius 3 is 1.44 bits per heavy atom. The minimum atomic E-state index is -1.87. The molecule has 0 rings (SSSR count). The molecule has 4 heteroatoms. The molecular weight excluding hydrogens is 139 g/mol. The summed E-state index contributed by atoms with van der Waals surface area (Å²) in [7, 11) is -1.87. The molecule has 3 N–H and O–H groups in total. The van der Waals surface area contributed by atoms with Gasteiger partial charge in [-0.15, -0.1) is 0 Å². The minimum Gasteiger partial charge on any atom is -0.412 e. The first-order chi connectivity index (χ1) is 3.65. The van der Waals surface area contributed by atoms with E-state index >= 15 is 0 Å². The molecule has 0 amide bonds. The van der Waals surface area contributed by atoms with Gasteiger partial charge in [0, 0.05) is 0 Å². The summed E-state index contributed by atoms with van der Waals surface area (Å²) >= 11 is 0. The van der Waals surface area contributed by atoms with E-state index in [9.17, 15) is 0 Å². The van der Waals surface area contributed by atoms with Crippen LogP contribution < -0.4 is 0 Å². The molecule has 0 heterocycles. The maximum absolute atomic E-state index is 9.15. The SMILES string of the molecule is CCCC.C[P+](=O)O.O. The molecule has 0 aromatic rings. The highest BCUT2D eigenvalue weighted by atomic mass is 31.1. The van der Waals surface area contributed by atoms with E-state index in [1.54, 1.807) is 0 Å². The van der Waals surface area contributed by atoms with Crippen LogP contribution in [-0.2, 0) is 4.57 Å². The lowest BCUT2D eigenvalue weighted by Crippen LogP contribution is -1.47. The summed E-state index contributed by atoms with van der Waals surface area (Å²) in [6.07, 6.45) is 2.64. The minimum absolute atomic E-state index is 0. The van der Waals surface area contributed by atoms with Crippen LogP contribution >= 0.6 is 8.03 Å². The average Bonchev–Trinajstić information content (AvgIpc) is 1.65. The van der Waals surface area contributed by atoms with Gasteiger partial charge in [-0.2, -0.15) is 4.89 Å². The predicted octanol–water partition coefficient (Wildman–Crippen LogP) is 1.33. The molecule has 58 valence electrons. The Bertz CT molecular complexity index is 50.2. The number of hydrogen-bond donors (Lipinski definition) is 1. The third-order valence-corrected chi connectivity index (χ3v) is 0.500. The fourth-order valence-corrected chi connectivity index (χ4v) is 0. The molecule has 0 radical (unpaired) electrons. The van der Waals surface area contributed by atoms with Gasteiger partial charge in [0.15, 0.2) is 6.66 Å². The van der Waals surface area contributed by atoms with Crippen molar-refractivity contribution < 1.29 is 14.9 Å². The van der Waals surface area contributed by atoms with Crippen molar-refractivity contribution >= 4 is 8.03 Å². The quantitative estimate of drug-likeness (QED) is 0.580. The zero-order valence-corrected chi connectivity index (χ0v) is 7.11. The lowest BCUT2D eigenvalue weighted by Gasteiger charge is -1.68. The van der Waals surface area contributed by atoms with Crippen molar-refractivity contribution in [3.8, 4) is 0 Å². The maximum atomic E-state index is 9.15. The van der Waals surface area contributed by atoms with Crippen LogP contribution in [0, 0.1) is 0 Å². The van der Waals surface area contributed by atoms with Gasteiger partial charge < -0.3 is 5.48 Å². The highest BCUT2D eigenvalue weighted by Gasteiger charge is 1.86. The van der Waals surface area contributed by atoms with E-state index in [0.29, 0.717) is 0 Å². The van der Waals surface area contributed by atoms with Crippen LogP contribution in [0.5, 0.6) is 0 Å². The molecule has 9 heavy (non-hydrogen) atoms. The summed E-state index contributed by atoms with van der Waals surface area (Å²) in [6.45, 7) is 5.59. The van der Waals surface area contributed by atoms with Gasteiger partial charge in [-0.25, -0.2) is 0 Å². The lowest BCUT2D eigenvalue weighted by molar-refractivity contribution is 0.509. The smallest absolute Gasteiger partial charge is 0.412 e. The monoisotopic (exact) mass is 155 g/mol. The second-order valence-electron chi connectivity index (χ2n) is 1.46.